The number of ether oxygens (including phenoxy) is 2. The van der Waals surface area contributed by atoms with Gasteiger partial charge in [-0.15, -0.1) is 0 Å². The number of rotatable bonds is 10. The maximum atomic E-state index is 12.7. The number of nitrogens with one attached hydrogen (secondary N) is 1. The van der Waals surface area contributed by atoms with Crippen LogP contribution in [0.5, 0.6) is 0 Å². The first kappa shape index (κ1) is 17.6. The molecule has 18 heavy (non-hydrogen) atoms. The van der Waals surface area contributed by atoms with Gasteiger partial charge >= 0.3 is 12.3 Å². The van der Waals surface area contributed by atoms with Crippen LogP contribution in [0.1, 0.15) is 13.8 Å². The van der Waals surface area contributed by atoms with Gasteiger partial charge in [0, 0.05) is 13.7 Å². The van der Waals surface area contributed by atoms with Crippen LogP contribution in [0.4, 0.5) is 17.6 Å². The summed E-state index contributed by atoms with van der Waals surface area (Å²) >= 11 is 0. The number of hydrogen-bond acceptors (Lipinski definition) is 3. The summed E-state index contributed by atoms with van der Waals surface area (Å²) in [6.45, 7) is 3.72. The molecule has 0 amide bonds. The summed E-state index contributed by atoms with van der Waals surface area (Å²) in [6.07, 6.45) is -4.39. The number of alkyl halides is 4. The van der Waals surface area contributed by atoms with E-state index in [1.54, 1.807) is 0 Å². The van der Waals surface area contributed by atoms with E-state index in [-0.39, 0.29) is 13.2 Å². The fourth-order valence-corrected chi connectivity index (χ4v) is 1.18. The molecule has 0 rings (SSSR count). The first-order valence-corrected chi connectivity index (χ1v) is 5.76. The Balaban J connectivity index is 4.03. The van der Waals surface area contributed by atoms with Crippen LogP contribution < -0.4 is 5.32 Å². The third-order valence-electron chi connectivity index (χ3n) is 2.11. The zero-order chi connectivity index (χ0) is 14.2. The summed E-state index contributed by atoms with van der Waals surface area (Å²) in [5.41, 5.74) is 0. The van der Waals surface area contributed by atoms with Crippen molar-refractivity contribution < 1.29 is 27.0 Å². The Morgan fingerprint density at radius 1 is 1.17 bits per heavy atom. The van der Waals surface area contributed by atoms with Crippen molar-refractivity contribution in [1.82, 2.24) is 5.32 Å². The summed E-state index contributed by atoms with van der Waals surface area (Å²) in [4.78, 5) is 0. The Kier molecular flexibility index (Phi) is 8.47. The van der Waals surface area contributed by atoms with Crippen LogP contribution in [0, 0.1) is 5.92 Å². The summed E-state index contributed by atoms with van der Waals surface area (Å²) in [5.74, 6) is -3.72. The van der Waals surface area contributed by atoms with E-state index < -0.39 is 25.1 Å². The molecule has 0 heterocycles. The second-order valence-corrected chi connectivity index (χ2v) is 4.50. The first-order valence-electron chi connectivity index (χ1n) is 5.76. The van der Waals surface area contributed by atoms with Gasteiger partial charge in [0.1, 0.15) is 6.61 Å². The van der Waals surface area contributed by atoms with Crippen molar-refractivity contribution in [3.05, 3.63) is 0 Å². The molecule has 1 unspecified atom stereocenters. The molecule has 1 atom stereocenters. The Morgan fingerprint density at radius 3 is 2.22 bits per heavy atom. The molecule has 0 saturated heterocycles. The molecule has 0 aromatic rings. The van der Waals surface area contributed by atoms with Crippen LogP contribution in [-0.4, -0.2) is 51.9 Å². The fourth-order valence-electron chi connectivity index (χ4n) is 1.18. The molecule has 0 aromatic carbocycles. The molecule has 0 saturated carbocycles. The molecule has 0 aliphatic heterocycles. The van der Waals surface area contributed by atoms with E-state index in [4.69, 9.17) is 9.47 Å². The highest BCUT2D eigenvalue weighted by Crippen LogP contribution is 2.23. The number of methoxy groups -OCH3 is 1. The van der Waals surface area contributed by atoms with Crippen molar-refractivity contribution in [2.45, 2.75) is 32.3 Å². The van der Waals surface area contributed by atoms with Gasteiger partial charge in [-0.05, 0) is 12.5 Å². The summed E-state index contributed by atoms with van der Waals surface area (Å²) < 4.78 is 58.7. The maximum absolute atomic E-state index is 12.7. The molecule has 7 heteroatoms. The van der Waals surface area contributed by atoms with Crippen LogP contribution in [0.2, 0.25) is 0 Å². The van der Waals surface area contributed by atoms with Crippen molar-refractivity contribution in [2.75, 3.05) is 33.4 Å². The second-order valence-electron chi connectivity index (χ2n) is 4.50. The largest absolute Gasteiger partial charge is 0.382 e. The van der Waals surface area contributed by atoms with Crippen molar-refractivity contribution in [3.63, 3.8) is 0 Å². The number of halogens is 4. The monoisotopic (exact) mass is 275 g/mol. The Hall–Kier alpha value is -0.400. The molecule has 0 fully saturated rings. The van der Waals surface area contributed by atoms with Crippen molar-refractivity contribution >= 4 is 0 Å². The zero-order valence-electron chi connectivity index (χ0n) is 10.9. The van der Waals surface area contributed by atoms with Crippen LogP contribution >= 0.6 is 0 Å². The SMILES string of the molecule is COCC(CNCC(C)C)OCC(F)(F)C(F)F. The predicted molar refractivity (Wildman–Crippen MR) is 60.3 cm³/mol. The highest BCUT2D eigenvalue weighted by atomic mass is 19.3. The zero-order valence-corrected chi connectivity index (χ0v) is 10.9. The lowest BCUT2D eigenvalue weighted by molar-refractivity contribution is -0.179. The standard InChI is InChI=1S/C11H21F4NO2/c1-8(2)4-16-5-9(6-17-3)18-7-11(14,15)10(12)13/h8-10,16H,4-7H2,1-3H3. The third kappa shape index (κ3) is 7.84. The van der Waals surface area contributed by atoms with Gasteiger partial charge in [-0.25, -0.2) is 8.78 Å². The van der Waals surface area contributed by atoms with E-state index in [1.807, 2.05) is 13.8 Å². The Bertz CT molecular complexity index is 215. The van der Waals surface area contributed by atoms with Gasteiger partial charge in [-0.1, -0.05) is 13.8 Å². The molecule has 0 bridgehead atoms. The lowest BCUT2D eigenvalue weighted by atomic mass is 10.2. The van der Waals surface area contributed by atoms with Gasteiger partial charge in [-0.3, -0.25) is 0 Å². The molecular weight excluding hydrogens is 254 g/mol. The second kappa shape index (κ2) is 8.66. The first-order chi connectivity index (χ1) is 8.29. The Labute approximate surface area is 105 Å². The minimum Gasteiger partial charge on any atom is -0.382 e. The predicted octanol–water partition coefficient (Wildman–Crippen LogP) is 2.16. The fraction of sp³-hybridized carbons (Fsp3) is 1.00. The molecular formula is C11H21F4NO2. The van der Waals surface area contributed by atoms with Gasteiger partial charge in [0.25, 0.3) is 0 Å². The topological polar surface area (TPSA) is 30.5 Å². The summed E-state index contributed by atoms with van der Waals surface area (Å²) in [6, 6.07) is 0. The maximum Gasteiger partial charge on any atom is 0.330 e. The quantitative estimate of drug-likeness (QED) is 0.620. The summed E-state index contributed by atoms with van der Waals surface area (Å²) in [5, 5.41) is 3.00. The highest BCUT2D eigenvalue weighted by molar-refractivity contribution is 4.70. The average molecular weight is 275 g/mol. The van der Waals surface area contributed by atoms with Gasteiger partial charge in [0.2, 0.25) is 0 Å². The van der Waals surface area contributed by atoms with E-state index in [0.29, 0.717) is 12.5 Å². The highest BCUT2D eigenvalue weighted by Gasteiger charge is 2.41. The average Bonchev–Trinajstić information content (AvgIpc) is 2.25. The molecule has 1 N–H and O–H groups in total. The normalized spacial score (nSPS) is 14.5. The van der Waals surface area contributed by atoms with E-state index in [0.717, 1.165) is 0 Å². The molecule has 110 valence electrons. The summed E-state index contributed by atoms with van der Waals surface area (Å²) in [7, 11) is 1.39. The van der Waals surface area contributed by atoms with Gasteiger partial charge in [0.05, 0.1) is 12.7 Å². The van der Waals surface area contributed by atoms with Crippen LogP contribution in [-0.2, 0) is 9.47 Å². The molecule has 0 spiro atoms. The van der Waals surface area contributed by atoms with E-state index >= 15 is 0 Å². The molecule has 0 radical (unpaired) electrons. The molecule has 0 aliphatic rings. The minimum atomic E-state index is -4.12. The van der Waals surface area contributed by atoms with E-state index in [9.17, 15) is 17.6 Å². The third-order valence-corrected chi connectivity index (χ3v) is 2.11. The van der Waals surface area contributed by atoms with Gasteiger partial charge in [0.15, 0.2) is 0 Å². The van der Waals surface area contributed by atoms with Crippen LogP contribution in [0.25, 0.3) is 0 Å². The molecule has 3 nitrogen and oxygen atoms in total. The molecule has 0 aromatic heterocycles. The lowest BCUT2D eigenvalue weighted by Crippen LogP contribution is -2.40. The van der Waals surface area contributed by atoms with E-state index in [2.05, 4.69) is 5.32 Å². The van der Waals surface area contributed by atoms with Gasteiger partial charge < -0.3 is 14.8 Å². The van der Waals surface area contributed by atoms with Gasteiger partial charge in [-0.2, -0.15) is 8.78 Å². The van der Waals surface area contributed by atoms with Crippen LogP contribution in [0.3, 0.4) is 0 Å². The minimum absolute atomic E-state index is 0.0738. The Morgan fingerprint density at radius 2 is 1.78 bits per heavy atom. The van der Waals surface area contributed by atoms with Crippen molar-refractivity contribution in [3.8, 4) is 0 Å². The van der Waals surface area contributed by atoms with Crippen molar-refractivity contribution in [2.24, 2.45) is 5.92 Å². The molecule has 0 aliphatic carbocycles. The number of hydrogen-bond donors (Lipinski definition) is 1. The van der Waals surface area contributed by atoms with E-state index in [1.165, 1.54) is 7.11 Å². The smallest absolute Gasteiger partial charge is 0.330 e. The van der Waals surface area contributed by atoms with Crippen LogP contribution in [0.15, 0.2) is 0 Å². The van der Waals surface area contributed by atoms with Crippen molar-refractivity contribution in [1.29, 1.82) is 0 Å². The lowest BCUT2D eigenvalue weighted by Gasteiger charge is -2.22.